The third-order valence-corrected chi connectivity index (χ3v) is 5.23. The lowest BCUT2D eigenvalue weighted by Crippen LogP contribution is -2.42. The number of benzene rings is 1. The van der Waals surface area contributed by atoms with Crippen LogP contribution >= 0.6 is 0 Å². The van der Waals surface area contributed by atoms with Crippen LogP contribution in [0.1, 0.15) is 40.6 Å². The van der Waals surface area contributed by atoms with Gasteiger partial charge in [0.15, 0.2) is 11.7 Å². The molecule has 2 aliphatic rings. The molecule has 2 amide bonds. The Kier molecular flexibility index (Phi) is 4.30. The molecule has 1 N–H and O–H groups in total. The SMILES string of the molecule is O=C(NC1CC1)c1cc2n(n1)CCN(C(=O)[C@H](c1ccccc1)n1cnnn1)C2. The molecular weight excluding hydrogens is 372 g/mol. The molecule has 1 fully saturated rings. The average molecular weight is 392 g/mol. The maximum absolute atomic E-state index is 13.4. The number of amides is 2. The Morgan fingerprint density at radius 3 is 2.69 bits per heavy atom. The summed E-state index contributed by atoms with van der Waals surface area (Å²) in [6.07, 6.45) is 3.50. The molecule has 0 bridgehead atoms. The minimum Gasteiger partial charge on any atom is -0.348 e. The molecule has 1 saturated carbocycles. The zero-order valence-corrected chi connectivity index (χ0v) is 15.7. The minimum atomic E-state index is -0.640. The summed E-state index contributed by atoms with van der Waals surface area (Å²) in [5.41, 5.74) is 2.06. The monoisotopic (exact) mass is 392 g/mol. The van der Waals surface area contributed by atoms with E-state index in [9.17, 15) is 9.59 Å². The lowest BCUT2D eigenvalue weighted by Gasteiger charge is -2.30. The van der Waals surface area contributed by atoms with Gasteiger partial charge >= 0.3 is 0 Å². The van der Waals surface area contributed by atoms with Gasteiger partial charge in [-0.1, -0.05) is 30.3 Å². The molecule has 10 heteroatoms. The van der Waals surface area contributed by atoms with E-state index in [2.05, 4.69) is 25.9 Å². The molecule has 29 heavy (non-hydrogen) atoms. The van der Waals surface area contributed by atoms with Crippen molar-refractivity contribution in [3.05, 3.63) is 59.7 Å². The maximum atomic E-state index is 13.4. The molecule has 148 valence electrons. The summed E-state index contributed by atoms with van der Waals surface area (Å²) in [5, 5.41) is 18.7. The van der Waals surface area contributed by atoms with E-state index in [1.807, 2.05) is 30.3 Å². The standard InChI is InChI=1S/C19H20N8O2/c28-18(21-14-6-7-14)16-10-15-11-25(8-9-26(15)22-16)19(29)17(27-12-20-23-24-27)13-4-2-1-3-5-13/h1-5,10,12,14,17H,6-9,11H2,(H,21,28)/t17-/m0/s1. The van der Waals surface area contributed by atoms with Gasteiger partial charge in [-0.25, -0.2) is 4.68 Å². The average Bonchev–Trinajstić information content (AvgIpc) is 3.22. The lowest BCUT2D eigenvalue weighted by molar-refractivity contribution is -0.135. The van der Waals surface area contributed by atoms with E-state index in [1.54, 1.807) is 15.6 Å². The number of carbonyl (C=O) groups is 2. The van der Waals surface area contributed by atoms with Gasteiger partial charge in [0.1, 0.15) is 6.33 Å². The molecule has 0 radical (unpaired) electrons. The first-order valence-corrected chi connectivity index (χ1v) is 9.63. The molecule has 1 aromatic carbocycles. The van der Waals surface area contributed by atoms with E-state index >= 15 is 0 Å². The summed E-state index contributed by atoms with van der Waals surface area (Å²) < 4.78 is 3.28. The second kappa shape index (κ2) is 7.12. The van der Waals surface area contributed by atoms with E-state index in [-0.39, 0.29) is 17.9 Å². The summed E-state index contributed by atoms with van der Waals surface area (Å²) in [6.45, 7) is 1.42. The number of nitrogens with zero attached hydrogens (tertiary/aromatic N) is 7. The van der Waals surface area contributed by atoms with E-state index < -0.39 is 6.04 Å². The Bertz CT molecular complexity index is 1030. The van der Waals surface area contributed by atoms with Crippen LogP contribution in [-0.4, -0.2) is 59.3 Å². The number of hydrogen-bond donors (Lipinski definition) is 1. The van der Waals surface area contributed by atoms with Crippen molar-refractivity contribution >= 4 is 11.8 Å². The van der Waals surface area contributed by atoms with Crippen molar-refractivity contribution in [2.45, 2.75) is 38.0 Å². The predicted octanol–water partition coefficient (Wildman–Crippen LogP) is 0.394. The largest absolute Gasteiger partial charge is 0.348 e. The molecule has 0 spiro atoms. The molecule has 2 aromatic heterocycles. The zero-order chi connectivity index (χ0) is 19.8. The van der Waals surface area contributed by atoms with E-state index in [1.165, 1.54) is 11.0 Å². The maximum Gasteiger partial charge on any atom is 0.272 e. The molecular formula is C19H20N8O2. The van der Waals surface area contributed by atoms with Crippen molar-refractivity contribution in [3.63, 3.8) is 0 Å². The Labute approximate surface area is 166 Å². The highest BCUT2D eigenvalue weighted by Crippen LogP contribution is 2.24. The highest BCUT2D eigenvalue weighted by Gasteiger charge is 2.32. The van der Waals surface area contributed by atoms with Crippen molar-refractivity contribution in [2.75, 3.05) is 6.54 Å². The van der Waals surface area contributed by atoms with Crippen LogP contribution in [0.15, 0.2) is 42.7 Å². The number of tetrazole rings is 1. The Morgan fingerprint density at radius 2 is 1.97 bits per heavy atom. The van der Waals surface area contributed by atoms with Crippen LogP contribution in [0.5, 0.6) is 0 Å². The lowest BCUT2D eigenvalue weighted by atomic mass is 10.1. The van der Waals surface area contributed by atoms with Crippen molar-refractivity contribution in [3.8, 4) is 0 Å². The smallest absolute Gasteiger partial charge is 0.272 e. The molecule has 3 aromatic rings. The first-order valence-electron chi connectivity index (χ1n) is 9.63. The van der Waals surface area contributed by atoms with Gasteiger partial charge in [-0.2, -0.15) is 5.10 Å². The topological polar surface area (TPSA) is 111 Å². The van der Waals surface area contributed by atoms with Crippen LogP contribution in [0.2, 0.25) is 0 Å². The molecule has 1 atom stereocenters. The van der Waals surface area contributed by atoms with Crippen LogP contribution in [-0.2, 0) is 17.9 Å². The summed E-state index contributed by atoms with van der Waals surface area (Å²) in [4.78, 5) is 27.4. The van der Waals surface area contributed by atoms with E-state index in [4.69, 9.17) is 0 Å². The molecule has 1 aliphatic heterocycles. The number of carbonyl (C=O) groups excluding carboxylic acids is 2. The third-order valence-electron chi connectivity index (χ3n) is 5.23. The van der Waals surface area contributed by atoms with Gasteiger partial charge in [-0.15, -0.1) is 5.10 Å². The quantitative estimate of drug-likeness (QED) is 0.673. The summed E-state index contributed by atoms with van der Waals surface area (Å²) >= 11 is 0. The first kappa shape index (κ1) is 17.5. The fourth-order valence-corrected chi connectivity index (χ4v) is 3.56. The second-order valence-electron chi connectivity index (χ2n) is 7.35. The second-order valence-corrected chi connectivity index (χ2v) is 7.35. The zero-order valence-electron chi connectivity index (χ0n) is 15.7. The minimum absolute atomic E-state index is 0.0973. The third kappa shape index (κ3) is 3.48. The fourth-order valence-electron chi connectivity index (χ4n) is 3.56. The van der Waals surface area contributed by atoms with Crippen molar-refractivity contribution in [1.82, 2.24) is 40.2 Å². The number of rotatable bonds is 5. The normalized spacial score (nSPS) is 16.9. The van der Waals surface area contributed by atoms with Crippen LogP contribution in [0, 0.1) is 0 Å². The van der Waals surface area contributed by atoms with Gasteiger partial charge in [-0.3, -0.25) is 14.3 Å². The highest BCUT2D eigenvalue weighted by molar-refractivity contribution is 5.92. The summed E-state index contributed by atoms with van der Waals surface area (Å²) in [6, 6.07) is 10.9. The Hall–Kier alpha value is -3.56. The van der Waals surface area contributed by atoms with Gasteiger partial charge in [0, 0.05) is 12.6 Å². The Balaban J connectivity index is 1.37. The van der Waals surface area contributed by atoms with Crippen molar-refractivity contribution < 1.29 is 9.59 Å². The van der Waals surface area contributed by atoms with Crippen LogP contribution in [0.4, 0.5) is 0 Å². The van der Waals surface area contributed by atoms with Crippen LogP contribution in [0.3, 0.4) is 0 Å². The Morgan fingerprint density at radius 1 is 1.14 bits per heavy atom. The van der Waals surface area contributed by atoms with E-state index in [0.29, 0.717) is 25.3 Å². The fraction of sp³-hybridized carbons (Fsp3) is 0.368. The molecule has 1 aliphatic carbocycles. The van der Waals surface area contributed by atoms with Gasteiger partial charge in [0.05, 0.1) is 18.8 Å². The first-order chi connectivity index (χ1) is 14.2. The van der Waals surface area contributed by atoms with Gasteiger partial charge in [-0.05, 0) is 34.9 Å². The van der Waals surface area contributed by atoms with Gasteiger partial charge < -0.3 is 10.2 Å². The van der Waals surface area contributed by atoms with Crippen molar-refractivity contribution in [2.24, 2.45) is 0 Å². The van der Waals surface area contributed by atoms with Gasteiger partial charge in [0.25, 0.3) is 11.8 Å². The highest BCUT2D eigenvalue weighted by atomic mass is 16.2. The molecule has 10 nitrogen and oxygen atoms in total. The van der Waals surface area contributed by atoms with Gasteiger partial charge in [0.2, 0.25) is 0 Å². The molecule has 0 unspecified atom stereocenters. The number of fused-ring (bicyclic) bond motifs is 1. The molecule has 5 rings (SSSR count). The summed E-state index contributed by atoms with van der Waals surface area (Å²) in [5.74, 6) is -0.247. The van der Waals surface area contributed by atoms with Crippen LogP contribution in [0.25, 0.3) is 0 Å². The number of hydrogen-bond acceptors (Lipinski definition) is 6. The van der Waals surface area contributed by atoms with E-state index in [0.717, 1.165) is 24.1 Å². The number of aromatic nitrogens is 6. The summed E-state index contributed by atoms with van der Waals surface area (Å²) in [7, 11) is 0. The predicted molar refractivity (Wildman–Crippen MR) is 101 cm³/mol. The van der Waals surface area contributed by atoms with Crippen LogP contribution < -0.4 is 5.32 Å². The molecule has 3 heterocycles. The van der Waals surface area contributed by atoms with Crippen molar-refractivity contribution in [1.29, 1.82) is 0 Å². The molecule has 0 saturated heterocycles. The number of nitrogens with one attached hydrogen (secondary N) is 1.